The molecule has 1 saturated heterocycles. The average Bonchev–Trinajstić information content (AvgIpc) is 3.06. The van der Waals surface area contributed by atoms with Gasteiger partial charge in [0.05, 0.1) is 38.9 Å². The van der Waals surface area contributed by atoms with Crippen molar-refractivity contribution >= 4 is 17.3 Å². The lowest BCUT2D eigenvalue weighted by Crippen LogP contribution is -2.42. The Morgan fingerprint density at radius 1 is 0.864 bits per heavy atom. The van der Waals surface area contributed by atoms with Gasteiger partial charge in [-0.1, -0.05) is 60.7 Å². The summed E-state index contributed by atoms with van der Waals surface area (Å²) in [5, 5.41) is 0. The van der Waals surface area contributed by atoms with Gasteiger partial charge in [0.15, 0.2) is 0 Å². The maximum absolute atomic E-state index is 14.9. The number of methoxy groups -OCH3 is 2. The van der Waals surface area contributed by atoms with Crippen LogP contribution in [0.1, 0.15) is 42.4 Å². The molecule has 0 aliphatic carbocycles. The molecule has 7 nitrogen and oxygen atoms in total. The molecular formula is C37H43N3O4. The second-order valence-corrected chi connectivity index (χ2v) is 11.2. The number of carbonyl (C=O) groups is 1. The van der Waals surface area contributed by atoms with Crippen LogP contribution in [0.15, 0.2) is 97.1 Å². The van der Waals surface area contributed by atoms with E-state index in [0.29, 0.717) is 36.9 Å². The van der Waals surface area contributed by atoms with E-state index in [4.69, 9.17) is 19.9 Å². The van der Waals surface area contributed by atoms with Crippen molar-refractivity contribution in [2.24, 2.45) is 5.92 Å². The molecule has 0 saturated carbocycles. The highest BCUT2D eigenvalue weighted by atomic mass is 16.5. The molecule has 1 aliphatic rings. The zero-order valence-electron chi connectivity index (χ0n) is 25.9. The van der Waals surface area contributed by atoms with Crippen LogP contribution in [0.4, 0.5) is 11.4 Å². The van der Waals surface area contributed by atoms with E-state index in [9.17, 15) is 4.79 Å². The minimum Gasteiger partial charge on any atom is -0.496 e. The summed E-state index contributed by atoms with van der Waals surface area (Å²) in [5.41, 5.74) is 10.8. The molecule has 0 aromatic heterocycles. The molecule has 44 heavy (non-hydrogen) atoms. The van der Waals surface area contributed by atoms with Gasteiger partial charge in [0.25, 0.3) is 0 Å². The highest BCUT2D eigenvalue weighted by Gasteiger charge is 2.36. The fourth-order valence-corrected chi connectivity index (χ4v) is 6.22. The lowest BCUT2D eigenvalue weighted by atomic mass is 9.79. The van der Waals surface area contributed by atoms with Crippen molar-refractivity contribution in [3.63, 3.8) is 0 Å². The minimum atomic E-state index is -0.284. The van der Waals surface area contributed by atoms with Crippen LogP contribution in [0.2, 0.25) is 0 Å². The lowest BCUT2D eigenvalue weighted by molar-refractivity contribution is -0.135. The number of nitrogens with two attached hydrogens (primary N) is 1. The number of rotatable bonds is 12. The summed E-state index contributed by atoms with van der Waals surface area (Å²) in [6.07, 6.45) is 1.81. The number of nitrogens with zero attached hydrogens (tertiary/aromatic N) is 2. The first-order valence-corrected chi connectivity index (χ1v) is 15.4. The molecule has 7 heteroatoms. The Hall–Kier alpha value is -4.65. The summed E-state index contributed by atoms with van der Waals surface area (Å²) < 4.78 is 17.4. The van der Waals surface area contributed by atoms with Crippen molar-refractivity contribution < 1.29 is 19.0 Å². The van der Waals surface area contributed by atoms with E-state index in [2.05, 4.69) is 41.3 Å². The van der Waals surface area contributed by atoms with Crippen molar-refractivity contribution in [2.75, 3.05) is 44.5 Å². The first kappa shape index (κ1) is 30.8. The number of amides is 1. The number of benzene rings is 4. The Bertz CT molecular complexity index is 1460. The molecule has 230 valence electrons. The third-order valence-electron chi connectivity index (χ3n) is 8.46. The molecule has 2 N–H and O–H groups in total. The van der Waals surface area contributed by atoms with E-state index in [1.165, 1.54) is 5.69 Å². The molecule has 0 bridgehead atoms. The van der Waals surface area contributed by atoms with Crippen LogP contribution in [-0.2, 0) is 17.9 Å². The predicted octanol–water partition coefficient (Wildman–Crippen LogP) is 6.91. The smallest absolute Gasteiger partial charge is 0.231 e. The number of carbonyl (C=O) groups excluding carboxylic acids is 1. The van der Waals surface area contributed by atoms with E-state index in [1.54, 1.807) is 14.2 Å². The van der Waals surface area contributed by atoms with Crippen LogP contribution in [0.25, 0.3) is 0 Å². The summed E-state index contributed by atoms with van der Waals surface area (Å²) in [4.78, 5) is 19.2. The molecule has 5 rings (SSSR count). The molecule has 4 aromatic rings. The summed E-state index contributed by atoms with van der Waals surface area (Å²) in [7, 11) is 3.28. The maximum Gasteiger partial charge on any atom is 0.231 e. The highest BCUT2D eigenvalue weighted by Crippen LogP contribution is 2.39. The van der Waals surface area contributed by atoms with Crippen LogP contribution in [0.3, 0.4) is 0 Å². The standard InChI is InChI=1S/C37H43N3O4/c1-4-44-32-23-34(42-2)33(35(24-32)43-3)26-40(25-27-11-7-5-8-12-27)37(41)36(28-13-9-6-10-14-28)29-19-21-39(22-20-29)31-17-15-30(38)16-18-31/h5-18,23-24,29,36H,4,19-22,25-26,38H2,1-3H3. The number of ether oxygens (including phenoxy) is 3. The number of nitrogen functional groups attached to an aromatic ring is 1. The SMILES string of the molecule is CCOc1cc(OC)c(CN(Cc2ccccc2)C(=O)C(c2ccccc2)C2CCN(c3ccc(N)cc3)CC2)c(OC)c1. The van der Waals surface area contributed by atoms with E-state index >= 15 is 0 Å². The topological polar surface area (TPSA) is 77.3 Å². The van der Waals surface area contributed by atoms with E-state index in [-0.39, 0.29) is 17.7 Å². The van der Waals surface area contributed by atoms with Gasteiger partial charge in [-0.15, -0.1) is 0 Å². The zero-order valence-corrected chi connectivity index (χ0v) is 25.9. The van der Waals surface area contributed by atoms with Crippen LogP contribution in [0, 0.1) is 5.92 Å². The molecule has 0 radical (unpaired) electrons. The third-order valence-corrected chi connectivity index (χ3v) is 8.46. The van der Waals surface area contributed by atoms with Gasteiger partial charge in [0, 0.05) is 43.1 Å². The van der Waals surface area contributed by atoms with Gasteiger partial charge >= 0.3 is 0 Å². The Morgan fingerprint density at radius 3 is 2.02 bits per heavy atom. The lowest BCUT2D eigenvalue weighted by Gasteiger charge is -2.39. The molecule has 0 spiro atoms. The fourth-order valence-electron chi connectivity index (χ4n) is 6.22. The maximum atomic E-state index is 14.9. The quantitative estimate of drug-likeness (QED) is 0.180. The normalized spacial score (nSPS) is 14.1. The number of hydrogen-bond acceptors (Lipinski definition) is 6. The molecule has 1 heterocycles. The molecule has 1 atom stereocenters. The van der Waals surface area contributed by atoms with Crippen molar-refractivity contribution in [1.29, 1.82) is 0 Å². The zero-order chi connectivity index (χ0) is 30.9. The predicted molar refractivity (Wildman–Crippen MR) is 176 cm³/mol. The first-order valence-electron chi connectivity index (χ1n) is 15.4. The van der Waals surface area contributed by atoms with E-state index < -0.39 is 0 Å². The van der Waals surface area contributed by atoms with Crippen LogP contribution >= 0.6 is 0 Å². The van der Waals surface area contributed by atoms with Gasteiger partial charge in [-0.2, -0.15) is 0 Å². The number of hydrogen-bond donors (Lipinski definition) is 1. The molecule has 1 unspecified atom stereocenters. The molecule has 4 aromatic carbocycles. The summed E-state index contributed by atoms with van der Waals surface area (Å²) in [6.45, 7) is 5.03. The minimum absolute atomic E-state index is 0.101. The monoisotopic (exact) mass is 593 g/mol. The third kappa shape index (κ3) is 7.28. The molecule has 1 amide bonds. The Morgan fingerprint density at radius 2 is 1.45 bits per heavy atom. The van der Waals surface area contributed by atoms with Crippen molar-refractivity contribution in [3.05, 3.63) is 114 Å². The van der Waals surface area contributed by atoms with E-state index in [0.717, 1.165) is 48.3 Å². The second kappa shape index (κ2) is 14.7. The largest absolute Gasteiger partial charge is 0.496 e. The van der Waals surface area contributed by atoms with Crippen molar-refractivity contribution in [3.8, 4) is 17.2 Å². The van der Waals surface area contributed by atoms with Gasteiger partial charge < -0.3 is 29.7 Å². The van der Waals surface area contributed by atoms with E-state index in [1.807, 2.05) is 72.5 Å². The fraction of sp³-hybridized carbons (Fsp3) is 0.324. The molecular weight excluding hydrogens is 550 g/mol. The van der Waals surface area contributed by atoms with Gasteiger partial charge in [-0.3, -0.25) is 4.79 Å². The van der Waals surface area contributed by atoms with Crippen LogP contribution < -0.4 is 24.8 Å². The summed E-state index contributed by atoms with van der Waals surface area (Å²) >= 11 is 0. The van der Waals surface area contributed by atoms with Gasteiger partial charge in [-0.25, -0.2) is 0 Å². The Kier molecular flexibility index (Phi) is 10.3. The number of anilines is 2. The average molecular weight is 594 g/mol. The van der Waals surface area contributed by atoms with Gasteiger partial charge in [-0.05, 0) is 61.1 Å². The second-order valence-electron chi connectivity index (χ2n) is 11.2. The highest BCUT2D eigenvalue weighted by molar-refractivity contribution is 5.84. The van der Waals surface area contributed by atoms with Gasteiger partial charge in [0.1, 0.15) is 17.2 Å². The van der Waals surface area contributed by atoms with Crippen molar-refractivity contribution in [2.45, 2.75) is 38.8 Å². The first-order chi connectivity index (χ1) is 21.5. The van der Waals surface area contributed by atoms with Crippen LogP contribution in [-0.4, -0.2) is 44.7 Å². The number of piperidine rings is 1. The molecule has 1 aliphatic heterocycles. The van der Waals surface area contributed by atoms with Gasteiger partial charge in [0.2, 0.25) is 5.91 Å². The Labute approximate surface area is 261 Å². The summed E-state index contributed by atoms with van der Waals surface area (Å²) in [5.74, 6) is 1.94. The molecule has 1 fully saturated rings. The van der Waals surface area contributed by atoms with Crippen molar-refractivity contribution in [1.82, 2.24) is 4.90 Å². The summed E-state index contributed by atoms with van der Waals surface area (Å²) in [6, 6.07) is 32.2. The Balaban J connectivity index is 1.48. The van der Waals surface area contributed by atoms with Crippen LogP contribution in [0.5, 0.6) is 17.2 Å².